The second-order valence-electron chi connectivity index (χ2n) is 6.57. The average molecular weight is 252 g/mol. The molecule has 1 heterocycles. The Morgan fingerprint density at radius 2 is 2.22 bits per heavy atom. The minimum Gasteiger partial charge on any atom is -0.379 e. The highest BCUT2D eigenvalue weighted by atomic mass is 16.5. The number of hydrogen-bond donors (Lipinski definition) is 2. The Morgan fingerprint density at radius 1 is 1.33 bits per heavy atom. The van der Waals surface area contributed by atoms with Crippen molar-refractivity contribution in [1.29, 1.82) is 0 Å². The van der Waals surface area contributed by atoms with Crippen LogP contribution in [0.1, 0.15) is 45.4 Å². The van der Waals surface area contributed by atoms with Crippen LogP contribution in [-0.2, 0) is 4.74 Å². The number of nitrogens with one attached hydrogen (secondary N) is 2. The summed E-state index contributed by atoms with van der Waals surface area (Å²) in [6.45, 7) is 6.43. The van der Waals surface area contributed by atoms with E-state index in [2.05, 4.69) is 17.6 Å². The molecule has 1 saturated heterocycles. The summed E-state index contributed by atoms with van der Waals surface area (Å²) in [6.07, 6.45) is 8.36. The minimum atomic E-state index is 0.593. The molecule has 0 radical (unpaired) electrons. The zero-order valence-electron chi connectivity index (χ0n) is 11.7. The second kappa shape index (κ2) is 5.48. The fourth-order valence-electron chi connectivity index (χ4n) is 3.76. The standard InChI is InChI=1S/C15H28N2O/c1-2-15(6-7-15)11-17-13-5-3-4-12(13)14-10-18-9-8-16-14/h12-14,16-17H,2-11H2,1H3. The van der Waals surface area contributed by atoms with Crippen LogP contribution in [0.2, 0.25) is 0 Å². The molecule has 0 aromatic rings. The van der Waals surface area contributed by atoms with Gasteiger partial charge in [-0.25, -0.2) is 0 Å². The van der Waals surface area contributed by atoms with Crippen molar-refractivity contribution >= 4 is 0 Å². The van der Waals surface area contributed by atoms with Crippen LogP contribution in [0.5, 0.6) is 0 Å². The summed E-state index contributed by atoms with van der Waals surface area (Å²) in [5.41, 5.74) is 0.670. The van der Waals surface area contributed by atoms with Crippen LogP contribution in [0.4, 0.5) is 0 Å². The van der Waals surface area contributed by atoms with Gasteiger partial charge in [-0.15, -0.1) is 0 Å². The van der Waals surface area contributed by atoms with Gasteiger partial charge in [0.1, 0.15) is 0 Å². The fourth-order valence-corrected chi connectivity index (χ4v) is 3.76. The SMILES string of the molecule is CCC1(CNC2CCCC2C2COCCN2)CC1. The summed E-state index contributed by atoms with van der Waals surface area (Å²) >= 11 is 0. The maximum atomic E-state index is 5.63. The summed E-state index contributed by atoms with van der Waals surface area (Å²) in [7, 11) is 0. The summed E-state index contributed by atoms with van der Waals surface area (Å²) in [6, 6.07) is 1.32. The molecule has 3 atom stereocenters. The van der Waals surface area contributed by atoms with Gasteiger partial charge < -0.3 is 15.4 Å². The molecule has 3 aliphatic rings. The molecular formula is C15H28N2O. The molecular weight excluding hydrogens is 224 g/mol. The maximum Gasteiger partial charge on any atom is 0.0623 e. The van der Waals surface area contributed by atoms with Gasteiger partial charge in [-0.2, -0.15) is 0 Å². The first kappa shape index (κ1) is 12.9. The van der Waals surface area contributed by atoms with Crippen molar-refractivity contribution < 1.29 is 4.74 Å². The van der Waals surface area contributed by atoms with E-state index in [-0.39, 0.29) is 0 Å². The third-order valence-electron chi connectivity index (χ3n) is 5.48. The largest absolute Gasteiger partial charge is 0.379 e. The van der Waals surface area contributed by atoms with E-state index < -0.39 is 0 Å². The van der Waals surface area contributed by atoms with E-state index in [0.29, 0.717) is 11.5 Å². The first-order chi connectivity index (χ1) is 8.83. The molecule has 3 heteroatoms. The first-order valence-corrected chi connectivity index (χ1v) is 7.87. The van der Waals surface area contributed by atoms with Gasteiger partial charge in [-0.05, 0) is 43.4 Å². The minimum absolute atomic E-state index is 0.593. The molecule has 3 fully saturated rings. The third-order valence-corrected chi connectivity index (χ3v) is 5.48. The average Bonchev–Trinajstić information content (AvgIpc) is 3.07. The highest BCUT2D eigenvalue weighted by Crippen LogP contribution is 2.48. The van der Waals surface area contributed by atoms with Crippen molar-refractivity contribution in [2.24, 2.45) is 11.3 Å². The zero-order chi connectivity index (χ0) is 12.4. The van der Waals surface area contributed by atoms with Gasteiger partial charge in [0.2, 0.25) is 0 Å². The van der Waals surface area contributed by atoms with Gasteiger partial charge in [0.25, 0.3) is 0 Å². The Kier molecular flexibility index (Phi) is 3.92. The number of rotatable bonds is 5. The van der Waals surface area contributed by atoms with Crippen molar-refractivity contribution in [2.75, 3.05) is 26.3 Å². The van der Waals surface area contributed by atoms with E-state index in [4.69, 9.17) is 4.74 Å². The van der Waals surface area contributed by atoms with Crippen molar-refractivity contribution in [3.63, 3.8) is 0 Å². The van der Waals surface area contributed by atoms with Crippen LogP contribution in [0, 0.1) is 11.3 Å². The monoisotopic (exact) mass is 252 g/mol. The lowest BCUT2D eigenvalue weighted by Gasteiger charge is -2.33. The van der Waals surface area contributed by atoms with E-state index in [1.165, 1.54) is 45.1 Å². The first-order valence-electron chi connectivity index (χ1n) is 7.87. The highest BCUT2D eigenvalue weighted by Gasteiger charge is 2.42. The Balaban J connectivity index is 1.51. The molecule has 2 aliphatic carbocycles. The number of morpholine rings is 1. The smallest absolute Gasteiger partial charge is 0.0623 e. The Labute approximate surface area is 111 Å². The van der Waals surface area contributed by atoms with Crippen molar-refractivity contribution in [1.82, 2.24) is 10.6 Å². The zero-order valence-corrected chi connectivity index (χ0v) is 11.7. The lowest BCUT2D eigenvalue weighted by atomic mass is 9.93. The highest BCUT2D eigenvalue weighted by molar-refractivity contribution is 4.97. The molecule has 3 rings (SSSR count). The van der Waals surface area contributed by atoms with Crippen LogP contribution in [0.3, 0.4) is 0 Å². The van der Waals surface area contributed by atoms with Gasteiger partial charge in [0.05, 0.1) is 13.2 Å². The molecule has 0 aromatic carbocycles. The Morgan fingerprint density at radius 3 is 2.89 bits per heavy atom. The van der Waals surface area contributed by atoms with E-state index in [1.807, 2.05) is 0 Å². The molecule has 2 saturated carbocycles. The number of hydrogen-bond acceptors (Lipinski definition) is 3. The molecule has 18 heavy (non-hydrogen) atoms. The molecule has 0 aromatic heterocycles. The van der Waals surface area contributed by atoms with Gasteiger partial charge in [-0.3, -0.25) is 0 Å². The number of ether oxygens (including phenoxy) is 1. The molecule has 3 unspecified atom stereocenters. The summed E-state index contributed by atoms with van der Waals surface area (Å²) in [5, 5.41) is 7.54. The molecule has 0 amide bonds. The van der Waals surface area contributed by atoms with Crippen LogP contribution >= 0.6 is 0 Å². The van der Waals surface area contributed by atoms with Crippen molar-refractivity contribution in [2.45, 2.75) is 57.5 Å². The predicted molar refractivity (Wildman–Crippen MR) is 73.7 cm³/mol. The quantitative estimate of drug-likeness (QED) is 0.784. The van der Waals surface area contributed by atoms with Crippen molar-refractivity contribution in [3.05, 3.63) is 0 Å². The van der Waals surface area contributed by atoms with Crippen molar-refractivity contribution in [3.8, 4) is 0 Å². The molecule has 3 nitrogen and oxygen atoms in total. The van der Waals surface area contributed by atoms with Crippen LogP contribution in [0.25, 0.3) is 0 Å². The molecule has 1 aliphatic heterocycles. The molecule has 0 bridgehead atoms. The van der Waals surface area contributed by atoms with Gasteiger partial charge in [-0.1, -0.05) is 13.3 Å². The van der Waals surface area contributed by atoms with E-state index >= 15 is 0 Å². The molecule has 104 valence electrons. The van der Waals surface area contributed by atoms with Gasteiger partial charge >= 0.3 is 0 Å². The topological polar surface area (TPSA) is 33.3 Å². The summed E-state index contributed by atoms with van der Waals surface area (Å²) in [4.78, 5) is 0. The fraction of sp³-hybridized carbons (Fsp3) is 1.00. The normalized spacial score (nSPS) is 38.8. The lowest BCUT2D eigenvalue weighted by Crippen LogP contribution is -2.51. The second-order valence-corrected chi connectivity index (χ2v) is 6.57. The third kappa shape index (κ3) is 2.73. The van der Waals surface area contributed by atoms with E-state index in [9.17, 15) is 0 Å². The van der Waals surface area contributed by atoms with Crippen LogP contribution in [-0.4, -0.2) is 38.4 Å². The van der Waals surface area contributed by atoms with Crippen LogP contribution in [0.15, 0.2) is 0 Å². The molecule has 2 N–H and O–H groups in total. The summed E-state index contributed by atoms with van der Waals surface area (Å²) < 4.78 is 5.63. The Hall–Kier alpha value is -0.120. The van der Waals surface area contributed by atoms with E-state index in [1.54, 1.807) is 0 Å². The van der Waals surface area contributed by atoms with Gasteiger partial charge in [0.15, 0.2) is 0 Å². The van der Waals surface area contributed by atoms with Crippen LogP contribution < -0.4 is 10.6 Å². The lowest BCUT2D eigenvalue weighted by molar-refractivity contribution is 0.0521. The van der Waals surface area contributed by atoms with Gasteiger partial charge in [0, 0.05) is 25.2 Å². The Bertz CT molecular complexity index is 272. The molecule has 0 spiro atoms. The van der Waals surface area contributed by atoms with E-state index in [0.717, 1.165) is 31.7 Å². The summed E-state index contributed by atoms with van der Waals surface area (Å²) in [5.74, 6) is 0.790. The maximum absolute atomic E-state index is 5.63. The predicted octanol–water partition coefficient (Wildman–Crippen LogP) is 1.92.